The molecule has 0 aliphatic rings. The summed E-state index contributed by atoms with van der Waals surface area (Å²) in [6, 6.07) is 12.8. The van der Waals surface area contributed by atoms with E-state index >= 15 is 0 Å². The predicted octanol–water partition coefficient (Wildman–Crippen LogP) is 2.79. The highest BCUT2D eigenvalue weighted by Gasteiger charge is 2.12. The molecule has 0 saturated heterocycles. The second-order valence-corrected chi connectivity index (χ2v) is 5.82. The number of rotatable bonds is 9. The van der Waals surface area contributed by atoms with Crippen LogP contribution in [0.4, 0.5) is 11.4 Å². The Morgan fingerprint density at radius 1 is 1.21 bits per heavy atom. The number of methoxy groups -OCH3 is 2. The Kier molecular flexibility index (Phi) is 7.56. The van der Waals surface area contributed by atoms with Gasteiger partial charge in [0.15, 0.2) is 11.5 Å². The number of nitrogens with zero attached hydrogens (tertiary/aromatic N) is 2. The summed E-state index contributed by atoms with van der Waals surface area (Å²) in [5, 5.41) is 25.4. The molecule has 2 aromatic rings. The van der Waals surface area contributed by atoms with Crippen LogP contribution in [-0.4, -0.2) is 31.6 Å². The molecule has 2 N–H and O–H groups in total. The number of amides is 1. The minimum atomic E-state index is -0.661. The number of hydrogen-bond donors (Lipinski definition) is 2. The molecule has 150 valence electrons. The average Bonchev–Trinajstić information content (AvgIpc) is 2.73. The standard InChI is InChI=1S/C20H20N4O5/c1-28-18-7-6-14(10-19(18)29-2)8-9-22-13-15(12-21)20(25)23-16-4-3-5-17(11-16)24(26)27/h3-7,10-11,13,22H,8-9H2,1-2H3,(H,23,25)/b15-13-. The first-order valence-corrected chi connectivity index (χ1v) is 8.59. The van der Waals surface area contributed by atoms with E-state index < -0.39 is 10.8 Å². The van der Waals surface area contributed by atoms with Crippen molar-refractivity contribution in [2.24, 2.45) is 0 Å². The SMILES string of the molecule is COc1ccc(CCN/C=C(/C#N)C(=O)Nc2cccc([N+](=O)[O-])c2)cc1OC. The monoisotopic (exact) mass is 396 g/mol. The molecular weight excluding hydrogens is 376 g/mol. The molecule has 0 spiro atoms. The van der Waals surface area contributed by atoms with E-state index in [0.29, 0.717) is 24.5 Å². The number of nitro groups is 1. The van der Waals surface area contributed by atoms with Crippen molar-refractivity contribution >= 4 is 17.3 Å². The van der Waals surface area contributed by atoms with Crippen LogP contribution in [0.3, 0.4) is 0 Å². The first-order chi connectivity index (χ1) is 14.0. The first-order valence-electron chi connectivity index (χ1n) is 8.59. The van der Waals surface area contributed by atoms with Crippen LogP contribution in [0.5, 0.6) is 11.5 Å². The quantitative estimate of drug-likeness (QED) is 0.219. The van der Waals surface area contributed by atoms with Gasteiger partial charge in [0.25, 0.3) is 11.6 Å². The van der Waals surface area contributed by atoms with Gasteiger partial charge in [-0.2, -0.15) is 5.26 Å². The van der Waals surface area contributed by atoms with Gasteiger partial charge in [-0.1, -0.05) is 12.1 Å². The molecule has 0 atom stereocenters. The molecule has 0 heterocycles. The fourth-order valence-corrected chi connectivity index (χ4v) is 2.47. The molecule has 1 amide bonds. The Hall–Kier alpha value is -4.06. The van der Waals surface area contributed by atoms with Gasteiger partial charge in [-0.15, -0.1) is 0 Å². The zero-order valence-corrected chi connectivity index (χ0v) is 16.0. The third-order valence-corrected chi connectivity index (χ3v) is 3.93. The van der Waals surface area contributed by atoms with E-state index in [1.165, 1.54) is 30.5 Å². The number of ether oxygens (including phenoxy) is 2. The molecule has 0 saturated carbocycles. The molecule has 2 rings (SSSR count). The summed E-state index contributed by atoms with van der Waals surface area (Å²) in [6.07, 6.45) is 1.94. The van der Waals surface area contributed by atoms with Crippen molar-refractivity contribution in [2.45, 2.75) is 6.42 Å². The number of carbonyl (C=O) groups excluding carboxylic acids is 1. The number of carbonyl (C=O) groups is 1. The summed E-state index contributed by atoms with van der Waals surface area (Å²) in [4.78, 5) is 22.4. The Bertz CT molecular complexity index is 966. The zero-order valence-electron chi connectivity index (χ0n) is 16.0. The number of nitro benzene ring substituents is 1. The molecule has 0 bridgehead atoms. The van der Waals surface area contributed by atoms with Crippen molar-refractivity contribution in [3.8, 4) is 17.6 Å². The Morgan fingerprint density at radius 3 is 2.62 bits per heavy atom. The van der Waals surface area contributed by atoms with Crippen LogP contribution in [0.15, 0.2) is 54.2 Å². The summed E-state index contributed by atoms with van der Waals surface area (Å²) >= 11 is 0. The summed E-state index contributed by atoms with van der Waals surface area (Å²) < 4.78 is 10.4. The number of anilines is 1. The van der Waals surface area contributed by atoms with Crippen LogP contribution in [0.1, 0.15) is 5.56 Å². The lowest BCUT2D eigenvalue weighted by atomic mass is 10.1. The summed E-state index contributed by atoms with van der Waals surface area (Å²) in [5.41, 5.74) is 0.918. The van der Waals surface area contributed by atoms with E-state index in [1.54, 1.807) is 20.3 Å². The van der Waals surface area contributed by atoms with E-state index in [-0.39, 0.29) is 16.9 Å². The van der Waals surface area contributed by atoms with Crippen LogP contribution in [0.2, 0.25) is 0 Å². The van der Waals surface area contributed by atoms with Crippen LogP contribution in [0.25, 0.3) is 0 Å². The summed E-state index contributed by atoms with van der Waals surface area (Å²) in [7, 11) is 3.12. The lowest BCUT2D eigenvalue weighted by Crippen LogP contribution is -2.18. The van der Waals surface area contributed by atoms with Gasteiger partial charge in [-0.25, -0.2) is 0 Å². The van der Waals surface area contributed by atoms with E-state index in [4.69, 9.17) is 9.47 Å². The van der Waals surface area contributed by atoms with Crippen LogP contribution in [0, 0.1) is 21.4 Å². The molecule has 9 heteroatoms. The lowest BCUT2D eigenvalue weighted by Gasteiger charge is -2.09. The van der Waals surface area contributed by atoms with Crippen molar-refractivity contribution in [3.05, 3.63) is 69.9 Å². The Morgan fingerprint density at radius 2 is 1.97 bits per heavy atom. The summed E-state index contributed by atoms with van der Waals surface area (Å²) in [6.45, 7) is 0.477. The number of benzene rings is 2. The van der Waals surface area contributed by atoms with E-state index in [1.807, 2.05) is 18.2 Å². The van der Waals surface area contributed by atoms with Gasteiger partial charge in [0.05, 0.1) is 19.1 Å². The lowest BCUT2D eigenvalue weighted by molar-refractivity contribution is -0.384. The molecule has 9 nitrogen and oxygen atoms in total. The fourth-order valence-electron chi connectivity index (χ4n) is 2.47. The molecule has 0 aliphatic heterocycles. The normalized spacial score (nSPS) is 10.6. The van der Waals surface area contributed by atoms with Gasteiger partial charge in [-0.05, 0) is 30.2 Å². The van der Waals surface area contributed by atoms with E-state index in [2.05, 4.69) is 10.6 Å². The molecule has 0 unspecified atom stereocenters. The highest BCUT2D eigenvalue weighted by atomic mass is 16.6. The number of nitriles is 1. The van der Waals surface area contributed by atoms with Crippen molar-refractivity contribution in [3.63, 3.8) is 0 Å². The van der Waals surface area contributed by atoms with E-state index in [0.717, 1.165) is 5.56 Å². The van der Waals surface area contributed by atoms with Crippen molar-refractivity contribution in [2.75, 3.05) is 26.1 Å². The minimum absolute atomic E-state index is 0.149. The first kappa shape index (κ1) is 21.2. The van der Waals surface area contributed by atoms with Crippen molar-refractivity contribution < 1.29 is 19.2 Å². The largest absolute Gasteiger partial charge is 0.493 e. The maximum Gasteiger partial charge on any atom is 0.271 e. The minimum Gasteiger partial charge on any atom is -0.493 e. The molecule has 0 fully saturated rings. The number of non-ortho nitro benzene ring substituents is 1. The van der Waals surface area contributed by atoms with Gasteiger partial charge in [0, 0.05) is 30.6 Å². The molecule has 29 heavy (non-hydrogen) atoms. The second-order valence-electron chi connectivity index (χ2n) is 5.82. The van der Waals surface area contributed by atoms with Gasteiger partial charge < -0.3 is 20.1 Å². The van der Waals surface area contributed by atoms with Gasteiger partial charge in [0.2, 0.25) is 0 Å². The topological polar surface area (TPSA) is 127 Å². The molecule has 2 aromatic carbocycles. The third-order valence-electron chi connectivity index (χ3n) is 3.93. The molecule has 0 aromatic heterocycles. The molecule has 0 aliphatic carbocycles. The highest BCUT2D eigenvalue weighted by molar-refractivity contribution is 6.06. The van der Waals surface area contributed by atoms with Crippen LogP contribution < -0.4 is 20.1 Å². The van der Waals surface area contributed by atoms with Gasteiger partial charge in [0.1, 0.15) is 11.6 Å². The smallest absolute Gasteiger partial charge is 0.271 e. The number of hydrogen-bond acceptors (Lipinski definition) is 7. The Labute approximate surface area is 167 Å². The maximum absolute atomic E-state index is 12.2. The van der Waals surface area contributed by atoms with Crippen LogP contribution in [-0.2, 0) is 11.2 Å². The zero-order chi connectivity index (χ0) is 21.2. The predicted molar refractivity (Wildman–Crippen MR) is 107 cm³/mol. The molecular formula is C20H20N4O5. The highest BCUT2D eigenvalue weighted by Crippen LogP contribution is 2.27. The fraction of sp³-hybridized carbons (Fsp3) is 0.200. The average molecular weight is 396 g/mol. The van der Waals surface area contributed by atoms with E-state index in [9.17, 15) is 20.2 Å². The maximum atomic E-state index is 12.2. The Balaban J connectivity index is 1.94. The third kappa shape index (κ3) is 5.97. The number of nitrogens with one attached hydrogen (secondary N) is 2. The van der Waals surface area contributed by atoms with Crippen molar-refractivity contribution in [1.82, 2.24) is 5.32 Å². The van der Waals surface area contributed by atoms with Gasteiger partial charge >= 0.3 is 0 Å². The molecule has 0 radical (unpaired) electrons. The summed E-state index contributed by atoms with van der Waals surface area (Å²) in [5.74, 6) is 0.592. The van der Waals surface area contributed by atoms with Crippen molar-refractivity contribution in [1.29, 1.82) is 5.26 Å². The van der Waals surface area contributed by atoms with Gasteiger partial charge in [-0.3, -0.25) is 14.9 Å². The van der Waals surface area contributed by atoms with Crippen LogP contribution >= 0.6 is 0 Å². The second kappa shape index (κ2) is 10.3.